The van der Waals surface area contributed by atoms with Crippen LogP contribution in [-0.4, -0.2) is 33.5 Å². The minimum absolute atomic E-state index is 0.123. The molecule has 0 fully saturated rings. The van der Waals surface area contributed by atoms with Gasteiger partial charge in [0.25, 0.3) is 0 Å². The normalized spacial score (nSPS) is 12.7. The van der Waals surface area contributed by atoms with Crippen LogP contribution in [0.4, 0.5) is 0 Å². The second-order valence-corrected chi connectivity index (χ2v) is 6.18. The van der Waals surface area contributed by atoms with E-state index >= 15 is 0 Å². The van der Waals surface area contributed by atoms with Crippen LogP contribution in [0.1, 0.15) is 52.7 Å². The van der Waals surface area contributed by atoms with Gasteiger partial charge in [-0.3, -0.25) is 0 Å². The number of nitrogens with zero attached hydrogens (tertiary/aromatic N) is 3. The molecule has 0 saturated carbocycles. The average molecular weight is 267 g/mol. The second-order valence-electron chi connectivity index (χ2n) is 6.18. The lowest BCUT2D eigenvalue weighted by molar-refractivity contribution is -0.109. The molecule has 5 nitrogen and oxygen atoms in total. The zero-order valence-electron chi connectivity index (χ0n) is 12.6. The van der Waals surface area contributed by atoms with E-state index in [0.29, 0.717) is 13.0 Å². The molecule has 0 saturated heterocycles. The number of ether oxygens (including phenoxy) is 1. The van der Waals surface area contributed by atoms with E-state index in [-0.39, 0.29) is 11.1 Å². The van der Waals surface area contributed by atoms with Crippen molar-refractivity contribution in [3.8, 4) is 0 Å². The maximum absolute atomic E-state index is 10.4. The molecule has 0 unspecified atom stereocenters. The molecule has 0 atom stereocenters. The van der Waals surface area contributed by atoms with E-state index in [4.69, 9.17) is 4.74 Å². The molecule has 0 spiro atoms. The molecule has 0 aliphatic carbocycles. The molecule has 1 rings (SSSR count). The summed E-state index contributed by atoms with van der Waals surface area (Å²) in [4.78, 5) is 10.4. The van der Waals surface area contributed by atoms with Gasteiger partial charge in [-0.25, -0.2) is 4.68 Å². The first-order valence-corrected chi connectivity index (χ1v) is 6.74. The van der Waals surface area contributed by atoms with E-state index < -0.39 is 0 Å². The fourth-order valence-electron chi connectivity index (χ4n) is 1.81. The first-order chi connectivity index (χ1) is 8.77. The Kier molecular flexibility index (Phi) is 5.23. The van der Waals surface area contributed by atoms with Gasteiger partial charge in [-0.05, 0) is 47.5 Å². The lowest BCUT2D eigenvalue weighted by Gasteiger charge is -2.29. The highest BCUT2D eigenvalue weighted by atomic mass is 16.5. The highest BCUT2D eigenvalue weighted by Gasteiger charge is 2.24. The first-order valence-electron chi connectivity index (χ1n) is 6.74. The number of rotatable bonds is 8. The number of aldehydes is 1. The zero-order chi connectivity index (χ0) is 14.5. The molecule has 1 aromatic heterocycles. The van der Waals surface area contributed by atoms with Crippen LogP contribution in [0, 0.1) is 6.92 Å². The molecule has 108 valence electrons. The minimum Gasteiger partial charge on any atom is -0.375 e. The van der Waals surface area contributed by atoms with Gasteiger partial charge >= 0.3 is 0 Å². The Morgan fingerprint density at radius 1 is 1.32 bits per heavy atom. The minimum atomic E-state index is -0.255. The second kappa shape index (κ2) is 6.28. The Labute approximate surface area is 115 Å². The van der Waals surface area contributed by atoms with Crippen LogP contribution in [-0.2, 0) is 15.1 Å². The Balaban J connectivity index is 2.45. The summed E-state index contributed by atoms with van der Waals surface area (Å²) in [6.07, 6.45) is 5.02. The van der Waals surface area contributed by atoms with Crippen LogP contribution < -0.4 is 0 Å². The topological polar surface area (TPSA) is 57.0 Å². The zero-order valence-corrected chi connectivity index (χ0v) is 12.6. The van der Waals surface area contributed by atoms with Gasteiger partial charge in [0.2, 0.25) is 0 Å². The third-order valence-electron chi connectivity index (χ3n) is 3.30. The summed E-state index contributed by atoms with van der Waals surface area (Å²) in [5.74, 6) is 0. The molecule has 0 aliphatic heterocycles. The maximum Gasteiger partial charge on any atom is 0.120 e. The van der Waals surface area contributed by atoms with Gasteiger partial charge in [-0.1, -0.05) is 5.21 Å². The van der Waals surface area contributed by atoms with Gasteiger partial charge in [-0.15, -0.1) is 5.10 Å². The molecule has 19 heavy (non-hydrogen) atoms. The molecule has 0 N–H and O–H groups in total. The van der Waals surface area contributed by atoms with E-state index in [1.807, 2.05) is 31.6 Å². The van der Waals surface area contributed by atoms with Gasteiger partial charge in [0, 0.05) is 19.2 Å². The number of aromatic nitrogens is 3. The number of hydrogen-bond donors (Lipinski definition) is 0. The van der Waals surface area contributed by atoms with Crippen molar-refractivity contribution in [2.45, 2.75) is 65.0 Å². The van der Waals surface area contributed by atoms with Crippen molar-refractivity contribution < 1.29 is 9.53 Å². The predicted octanol–water partition coefficient (Wildman–Crippen LogP) is 2.49. The third-order valence-corrected chi connectivity index (χ3v) is 3.30. The van der Waals surface area contributed by atoms with Crippen molar-refractivity contribution in [2.24, 2.45) is 0 Å². The van der Waals surface area contributed by atoms with Crippen LogP contribution in [0.25, 0.3) is 0 Å². The molecule has 0 aromatic carbocycles. The number of hydrogen-bond acceptors (Lipinski definition) is 4. The Morgan fingerprint density at radius 2 is 2.00 bits per heavy atom. The summed E-state index contributed by atoms with van der Waals surface area (Å²) >= 11 is 0. The monoisotopic (exact) mass is 267 g/mol. The summed E-state index contributed by atoms with van der Waals surface area (Å²) in [6, 6.07) is 0. The van der Waals surface area contributed by atoms with Gasteiger partial charge < -0.3 is 9.53 Å². The summed E-state index contributed by atoms with van der Waals surface area (Å²) in [6.45, 7) is 10.8. The summed E-state index contributed by atoms with van der Waals surface area (Å²) in [5.41, 5.74) is 0.539. The predicted molar refractivity (Wildman–Crippen MR) is 74.0 cm³/mol. The standard InChI is InChI=1S/C14H25N3O2/c1-12-11-17(16-15-12)13(2,3)8-10-19-14(4,5)7-6-9-18/h9,11H,6-8,10H2,1-5H3. The highest BCUT2D eigenvalue weighted by Crippen LogP contribution is 2.22. The molecule has 0 aliphatic rings. The highest BCUT2D eigenvalue weighted by molar-refractivity contribution is 5.49. The van der Waals surface area contributed by atoms with E-state index in [9.17, 15) is 4.79 Å². The fraction of sp³-hybridized carbons (Fsp3) is 0.786. The van der Waals surface area contributed by atoms with Gasteiger partial charge in [-0.2, -0.15) is 0 Å². The maximum atomic E-state index is 10.4. The smallest absolute Gasteiger partial charge is 0.120 e. The molecule has 5 heteroatoms. The van der Waals surface area contributed by atoms with Gasteiger partial charge in [0.15, 0.2) is 0 Å². The SMILES string of the molecule is Cc1cn(C(C)(C)CCOC(C)(C)CCC=O)nn1. The van der Waals surface area contributed by atoms with Crippen molar-refractivity contribution in [3.63, 3.8) is 0 Å². The molecule has 1 heterocycles. The lowest BCUT2D eigenvalue weighted by atomic mass is 10.0. The van der Waals surface area contributed by atoms with E-state index in [0.717, 1.165) is 24.8 Å². The number of carbonyl (C=O) groups is 1. The van der Waals surface area contributed by atoms with Gasteiger partial charge in [0.05, 0.1) is 16.8 Å². The molecule has 0 amide bonds. The molecule has 1 aromatic rings. The van der Waals surface area contributed by atoms with Gasteiger partial charge in [0.1, 0.15) is 6.29 Å². The van der Waals surface area contributed by atoms with E-state index in [2.05, 4.69) is 24.2 Å². The number of carbonyl (C=O) groups excluding carboxylic acids is 1. The van der Waals surface area contributed by atoms with Crippen molar-refractivity contribution in [2.75, 3.05) is 6.61 Å². The largest absolute Gasteiger partial charge is 0.375 e. The van der Waals surface area contributed by atoms with Crippen molar-refractivity contribution >= 4 is 6.29 Å². The van der Waals surface area contributed by atoms with Crippen LogP contribution in [0.15, 0.2) is 6.20 Å². The van der Waals surface area contributed by atoms with Crippen molar-refractivity contribution in [1.82, 2.24) is 15.0 Å². The van der Waals surface area contributed by atoms with Crippen LogP contribution >= 0.6 is 0 Å². The average Bonchev–Trinajstić information content (AvgIpc) is 2.73. The van der Waals surface area contributed by atoms with Crippen LogP contribution in [0.5, 0.6) is 0 Å². The van der Waals surface area contributed by atoms with Crippen molar-refractivity contribution in [1.29, 1.82) is 0 Å². The quantitative estimate of drug-likeness (QED) is 0.679. The van der Waals surface area contributed by atoms with Crippen LogP contribution in [0.2, 0.25) is 0 Å². The fourth-order valence-corrected chi connectivity index (χ4v) is 1.81. The molecular formula is C14H25N3O2. The first kappa shape index (κ1) is 15.8. The molecule has 0 bridgehead atoms. The Morgan fingerprint density at radius 3 is 2.53 bits per heavy atom. The number of aryl methyl sites for hydroxylation is 1. The summed E-state index contributed by atoms with van der Waals surface area (Å²) < 4.78 is 7.75. The Hall–Kier alpha value is -1.23. The lowest BCUT2D eigenvalue weighted by Crippen LogP contribution is -2.32. The third kappa shape index (κ3) is 5.11. The van der Waals surface area contributed by atoms with Crippen LogP contribution in [0.3, 0.4) is 0 Å². The molecular weight excluding hydrogens is 242 g/mol. The van der Waals surface area contributed by atoms with E-state index in [1.165, 1.54) is 0 Å². The summed E-state index contributed by atoms with van der Waals surface area (Å²) in [5, 5.41) is 8.13. The molecule has 0 radical (unpaired) electrons. The van der Waals surface area contributed by atoms with Crippen molar-refractivity contribution in [3.05, 3.63) is 11.9 Å². The Bertz CT molecular complexity index is 411. The summed E-state index contributed by atoms with van der Waals surface area (Å²) in [7, 11) is 0. The van der Waals surface area contributed by atoms with E-state index in [1.54, 1.807) is 0 Å².